The summed E-state index contributed by atoms with van der Waals surface area (Å²) in [6.45, 7) is 3.56. The Kier molecular flexibility index (Phi) is 2.41. The molecule has 0 radical (unpaired) electrons. The van der Waals surface area contributed by atoms with Crippen LogP contribution in [0.4, 0.5) is 0 Å². The van der Waals surface area contributed by atoms with Crippen LogP contribution in [0.25, 0.3) is 0 Å². The third kappa shape index (κ3) is 1.60. The lowest BCUT2D eigenvalue weighted by Crippen LogP contribution is -2.24. The van der Waals surface area contributed by atoms with Gasteiger partial charge in [-0.2, -0.15) is 10.4 Å². The van der Waals surface area contributed by atoms with Gasteiger partial charge in [0.15, 0.2) is 5.15 Å². The Morgan fingerprint density at radius 2 is 2.33 bits per heavy atom. The summed E-state index contributed by atoms with van der Waals surface area (Å²) in [6, 6.07) is 2.13. The Hall–Kier alpha value is -0.580. The summed E-state index contributed by atoms with van der Waals surface area (Å²) in [7, 11) is 2.46. The number of rotatable bonds is 1. The van der Waals surface area contributed by atoms with E-state index in [-0.39, 0.29) is 0 Å². The van der Waals surface area contributed by atoms with Gasteiger partial charge in [-0.05, 0) is 13.8 Å². The summed E-state index contributed by atoms with van der Waals surface area (Å²) in [5.41, 5.74) is -0.640. The first-order chi connectivity index (χ1) is 5.47. The zero-order valence-electron chi connectivity index (χ0n) is 6.87. The summed E-state index contributed by atoms with van der Waals surface area (Å²) in [5.74, 6) is 0. The average molecular weight is 202 g/mol. The number of nitriles is 1. The molecule has 3 nitrogen and oxygen atoms in total. The van der Waals surface area contributed by atoms with E-state index in [0.29, 0.717) is 5.15 Å². The Bertz CT molecular complexity index is 317. The summed E-state index contributed by atoms with van der Waals surface area (Å²) >= 11 is 5.73. The first-order valence-electron chi connectivity index (χ1n) is 3.40. The smallest absolute Gasteiger partial charge is 0.158 e. The van der Waals surface area contributed by atoms with Crippen LogP contribution in [0.2, 0.25) is 5.15 Å². The molecule has 0 saturated heterocycles. The maximum Gasteiger partial charge on any atom is 0.158 e. The number of aromatic nitrogens is 2. The second kappa shape index (κ2) is 3.05. The second-order valence-electron chi connectivity index (χ2n) is 2.99. The van der Waals surface area contributed by atoms with Crippen LogP contribution in [-0.2, 0) is 5.54 Å². The van der Waals surface area contributed by atoms with Crippen LogP contribution in [-0.4, -0.2) is 9.78 Å². The number of halogens is 1. The molecule has 64 valence electrons. The van der Waals surface area contributed by atoms with Crippen molar-refractivity contribution in [2.24, 2.45) is 0 Å². The van der Waals surface area contributed by atoms with Crippen LogP contribution in [0.1, 0.15) is 13.8 Å². The third-order valence-corrected chi connectivity index (χ3v) is 2.44. The van der Waals surface area contributed by atoms with E-state index in [1.807, 2.05) is 0 Å². The Balaban J connectivity index is 3.14. The first kappa shape index (κ1) is 9.51. The normalized spacial score (nSPS) is 11.2. The van der Waals surface area contributed by atoms with Crippen LogP contribution in [0.15, 0.2) is 6.20 Å². The van der Waals surface area contributed by atoms with Gasteiger partial charge in [0, 0.05) is 11.5 Å². The highest BCUT2D eigenvalue weighted by molar-refractivity contribution is 7.27. The van der Waals surface area contributed by atoms with Crippen molar-refractivity contribution in [1.29, 1.82) is 5.26 Å². The van der Waals surface area contributed by atoms with Crippen molar-refractivity contribution < 1.29 is 0 Å². The van der Waals surface area contributed by atoms with Gasteiger partial charge in [-0.15, -0.1) is 9.24 Å². The molecule has 0 saturated carbocycles. The third-order valence-electron chi connectivity index (χ3n) is 1.54. The van der Waals surface area contributed by atoms with Crippen LogP contribution < -0.4 is 5.30 Å². The van der Waals surface area contributed by atoms with Crippen LogP contribution in [0, 0.1) is 11.3 Å². The molecule has 5 heteroatoms. The van der Waals surface area contributed by atoms with Gasteiger partial charge < -0.3 is 0 Å². The van der Waals surface area contributed by atoms with E-state index in [4.69, 9.17) is 16.9 Å². The van der Waals surface area contributed by atoms with Crippen LogP contribution in [0.5, 0.6) is 0 Å². The van der Waals surface area contributed by atoms with Gasteiger partial charge in [0.2, 0.25) is 0 Å². The van der Waals surface area contributed by atoms with Crippen LogP contribution >= 0.6 is 20.8 Å². The molecule has 0 aliphatic carbocycles. The average Bonchev–Trinajstić information content (AvgIpc) is 2.33. The van der Waals surface area contributed by atoms with Crippen molar-refractivity contribution in [3.8, 4) is 6.07 Å². The lowest BCUT2D eigenvalue weighted by atomic mass is 10.1. The lowest BCUT2D eigenvalue weighted by Gasteiger charge is -2.14. The van der Waals surface area contributed by atoms with E-state index in [9.17, 15) is 0 Å². The lowest BCUT2D eigenvalue weighted by molar-refractivity contribution is 0.419. The minimum atomic E-state index is -0.640. The van der Waals surface area contributed by atoms with Crippen LogP contribution in [0.3, 0.4) is 0 Å². The highest BCUT2D eigenvalue weighted by Gasteiger charge is 2.20. The van der Waals surface area contributed by atoms with Crippen molar-refractivity contribution in [3.05, 3.63) is 11.3 Å². The molecule has 1 rings (SSSR count). The number of nitrogens with zero attached hydrogens (tertiary/aromatic N) is 3. The molecular weight excluding hydrogens is 193 g/mol. The molecular formula is C7H9ClN3P. The monoisotopic (exact) mass is 201 g/mol. The van der Waals surface area contributed by atoms with Gasteiger partial charge in [0.1, 0.15) is 5.54 Å². The molecule has 0 bridgehead atoms. The van der Waals surface area contributed by atoms with Crippen molar-refractivity contribution >= 4 is 26.1 Å². The first-order valence-corrected chi connectivity index (χ1v) is 4.35. The molecule has 0 spiro atoms. The number of hydrogen-bond donors (Lipinski definition) is 0. The van der Waals surface area contributed by atoms with E-state index >= 15 is 0 Å². The zero-order valence-corrected chi connectivity index (χ0v) is 8.78. The zero-order chi connectivity index (χ0) is 9.35. The van der Waals surface area contributed by atoms with Gasteiger partial charge in [-0.1, -0.05) is 11.6 Å². The van der Waals surface area contributed by atoms with Gasteiger partial charge >= 0.3 is 0 Å². The van der Waals surface area contributed by atoms with Crippen molar-refractivity contribution in [3.63, 3.8) is 0 Å². The highest BCUT2D eigenvalue weighted by Crippen LogP contribution is 2.14. The predicted octanol–water partition coefficient (Wildman–Crippen LogP) is 1.30. The predicted molar refractivity (Wildman–Crippen MR) is 51.5 cm³/mol. The molecule has 0 N–H and O–H groups in total. The Morgan fingerprint density at radius 1 is 1.75 bits per heavy atom. The molecule has 0 aliphatic heterocycles. The SMILES string of the molecule is CC(C)(C#N)n1cc(P)c(Cl)n1. The molecule has 1 aromatic heterocycles. The maximum atomic E-state index is 8.79. The van der Waals surface area contributed by atoms with E-state index < -0.39 is 5.54 Å². The summed E-state index contributed by atoms with van der Waals surface area (Å²) in [6.07, 6.45) is 1.73. The van der Waals surface area contributed by atoms with Gasteiger partial charge in [-0.25, -0.2) is 0 Å². The molecule has 0 amide bonds. The van der Waals surface area contributed by atoms with E-state index in [0.717, 1.165) is 5.30 Å². The fraction of sp³-hybridized carbons (Fsp3) is 0.429. The minimum absolute atomic E-state index is 0.420. The molecule has 1 heterocycles. The Labute approximate surface area is 78.5 Å². The summed E-state index contributed by atoms with van der Waals surface area (Å²) in [4.78, 5) is 0. The fourth-order valence-corrected chi connectivity index (χ4v) is 1.03. The largest absolute Gasteiger partial charge is 0.251 e. The minimum Gasteiger partial charge on any atom is -0.251 e. The molecule has 12 heavy (non-hydrogen) atoms. The summed E-state index contributed by atoms with van der Waals surface area (Å²) < 4.78 is 1.55. The molecule has 1 atom stereocenters. The van der Waals surface area contributed by atoms with E-state index in [2.05, 4.69) is 20.4 Å². The van der Waals surface area contributed by atoms with Gasteiger partial charge in [-0.3, -0.25) is 4.68 Å². The molecule has 0 aromatic carbocycles. The van der Waals surface area contributed by atoms with Crippen molar-refractivity contribution in [2.75, 3.05) is 0 Å². The fourth-order valence-electron chi connectivity index (χ4n) is 0.704. The number of hydrogen-bond acceptors (Lipinski definition) is 2. The van der Waals surface area contributed by atoms with Crippen molar-refractivity contribution in [1.82, 2.24) is 9.78 Å². The van der Waals surface area contributed by atoms with E-state index in [1.165, 1.54) is 0 Å². The molecule has 1 unspecified atom stereocenters. The van der Waals surface area contributed by atoms with Gasteiger partial charge in [0.05, 0.1) is 6.07 Å². The topological polar surface area (TPSA) is 41.6 Å². The summed E-state index contributed by atoms with van der Waals surface area (Å²) in [5, 5.41) is 14.0. The molecule has 1 aromatic rings. The maximum absolute atomic E-state index is 8.79. The quantitative estimate of drug-likeness (QED) is 0.643. The van der Waals surface area contributed by atoms with Gasteiger partial charge in [0.25, 0.3) is 0 Å². The van der Waals surface area contributed by atoms with Crippen molar-refractivity contribution in [2.45, 2.75) is 19.4 Å². The molecule has 0 aliphatic rings. The molecule has 0 fully saturated rings. The highest BCUT2D eigenvalue weighted by atomic mass is 35.5. The standard InChI is InChI=1S/C7H9ClN3P/c1-7(2,4-9)11-3-5(12)6(8)10-11/h3H,12H2,1-2H3. The second-order valence-corrected chi connectivity index (χ2v) is 3.97. The Morgan fingerprint density at radius 3 is 2.67 bits per heavy atom. The van der Waals surface area contributed by atoms with E-state index in [1.54, 1.807) is 24.7 Å².